The molecule has 0 saturated carbocycles. The van der Waals surface area contributed by atoms with Gasteiger partial charge in [0.15, 0.2) is 0 Å². The number of hydrogen-bond acceptors (Lipinski definition) is 6. The van der Waals surface area contributed by atoms with Gasteiger partial charge in [0.2, 0.25) is 0 Å². The first-order chi connectivity index (χ1) is 10.9. The predicted molar refractivity (Wildman–Crippen MR) is 90.4 cm³/mol. The molecule has 0 atom stereocenters. The fraction of sp³-hybridized carbons (Fsp3) is 0.200. The van der Waals surface area contributed by atoms with Crippen LogP contribution in [0.3, 0.4) is 0 Å². The number of aryl methyl sites for hydroxylation is 1. The number of aliphatic imine (C=N–C) groups is 1. The van der Waals surface area contributed by atoms with Gasteiger partial charge in [0.25, 0.3) is 5.69 Å². The summed E-state index contributed by atoms with van der Waals surface area (Å²) in [5.74, 6) is -0.376. The van der Waals surface area contributed by atoms with Crippen molar-refractivity contribution < 1.29 is 14.5 Å². The number of benzene rings is 1. The van der Waals surface area contributed by atoms with Gasteiger partial charge in [0.05, 0.1) is 11.5 Å². The molecule has 8 heteroatoms. The quantitative estimate of drug-likeness (QED) is 0.342. The molecule has 120 valence electrons. The van der Waals surface area contributed by atoms with Crippen molar-refractivity contribution in [3.05, 3.63) is 55.4 Å². The van der Waals surface area contributed by atoms with Crippen LogP contribution >= 0.6 is 22.9 Å². The average Bonchev–Trinajstić information content (AvgIpc) is 2.87. The Hall–Kier alpha value is -2.25. The van der Waals surface area contributed by atoms with E-state index < -0.39 is 4.92 Å². The van der Waals surface area contributed by atoms with E-state index in [4.69, 9.17) is 16.3 Å². The standard InChI is InChI=1S/C15H13ClN2O4S/c1-3-22-15(19)14-9(2)6-13(23-14)17-8-10-4-5-11(16)12(7-10)18(20)21/h4-8H,3H2,1-2H3. The van der Waals surface area contributed by atoms with Gasteiger partial charge in [-0.05, 0) is 37.1 Å². The normalized spacial score (nSPS) is 10.9. The number of carbonyl (C=O) groups excluding carboxylic acids is 1. The molecular weight excluding hydrogens is 340 g/mol. The van der Waals surface area contributed by atoms with Crippen molar-refractivity contribution in [3.63, 3.8) is 0 Å². The third kappa shape index (κ3) is 4.14. The van der Waals surface area contributed by atoms with Gasteiger partial charge in [-0.25, -0.2) is 9.79 Å². The van der Waals surface area contributed by atoms with E-state index in [2.05, 4.69) is 4.99 Å². The second-order valence-electron chi connectivity index (χ2n) is 4.54. The van der Waals surface area contributed by atoms with E-state index in [0.29, 0.717) is 22.0 Å². The molecule has 0 aliphatic rings. The third-order valence-corrected chi connectivity index (χ3v) is 4.32. The highest BCUT2D eigenvalue weighted by Gasteiger charge is 2.15. The van der Waals surface area contributed by atoms with Gasteiger partial charge in [-0.3, -0.25) is 10.1 Å². The van der Waals surface area contributed by atoms with Gasteiger partial charge in [-0.1, -0.05) is 17.7 Å². The van der Waals surface area contributed by atoms with Gasteiger partial charge in [-0.2, -0.15) is 0 Å². The molecule has 23 heavy (non-hydrogen) atoms. The number of hydrogen-bond donors (Lipinski definition) is 0. The molecule has 1 aromatic heterocycles. The molecule has 0 aliphatic heterocycles. The van der Waals surface area contributed by atoms with Gasteiger partial charge >= 0.3 is 5.97 Å². The Bertz CT molecular complexity index is 786. The summed E-state index contributed by atoms with van der Waals surface area (Å²) in [4.78, 5) is 26.8. The molecule has 2 aromatic rings. The summed E-state index contributed by atoms with van der Waals surface area (Å²) in [7, 11) is 0. The largest absolute Gasteiger partial charge is 0.462 e. The van der Waals surface area contributed by atoms with Gasteiger partial charge in [0.1, 0.15) is 14.9 Å². The lowest BCUT2D eigenvalue weighted by atomic mass is 10.2. The van der Waals surface area contributed by atoms with Crippen molar-refractivity contribution in [1.29, 1.82) is 0 Å². The fourth-order valence-electron chi connectivity index (χ4n) is 1.82. The average molecular weight is 353 g/mol. The number of rotatable bonds is 5. The van der Waals surface area contributed by atoms with E-state index in [1.807, 2.05) is 0 Å². The van der Waals surface area contributed by atoms with E-state index in [1.54, 1.807) is 26.0 Å². The molecule has 0 bridgehead atoms. The predicted octanol–water partition coefficient (Wildman–Crippen LogP) is 4.55. The third-order valence-electron chi connectivity index (χ3n) is 2.87. The van der Waals surface area contributed by atoms with Crippen molar-refractivity contribution >= 4 is 45.8 Å². The topological polar surface area (TPSA) is 81.8 Å². The molecule has 0 N–H and O–H groups in total. The van der Waals surface area contributed by atoms with Crippen molar-refractivity contribution in [2.24, 2.45) is 4.99 Å². The molecular formula is C15H13ClN2O4S. The number of thiophene rings is 1. The number of esters is 1. The van der Waals surface area contributed by atoms with Crippen LogP contribution in [0.5, 0.6) is 0 Å². The molecule has 0 spiro atoms. The van der Waals surface area contributed by atoms with Crippen LogP contribution < -0.4 is 0 Å². The summed E-state index contributed by atoms with van der Waals surface area (Å²) < 4.78 is 4.97. The highest BCUT2D eigenvalue weighted by atomic mass is 35.5. The van der Waals surface area contributed by atoms with Crippen molar-refractivity contribution in [2.75, 3.05) is 6.61 Å². The van der Waals surface area contributed by atoms with Crippen LogP contribution in [-0.4, -0.2) is 23.7 Å². The fourth-order valence-corrected chi connectivity index (χ4v) is 2.92. The number of nitro benzene ring substituents is 1. The first-order valence-corrected chi connectivity index (χ1v) is 7.87. The highest BCUT2D eigenvalue weighted by molar-refractivity contribution is 7.17. The van der Waals surface area contributed by atoms with E-state index >= 15 is 0 Å². The molecule has 0 radical (unpaired) electrons. The first kappa shape index (κ1) is 17.1. The van der Waals surface area contributed by atoms with Gasteiger partial charge in [0, 0.05) is 12.3 Å². The molecule has 2 rings (SSSR count). The monoisotopic (exact) mass is 352 g/mol. The van der Waals surface area contributed by atoms with Crippen LogP contribution in [0, 0.1) is 17.0 Å². The summed E-state index contributed by atoms with van der Waals surface area (Å²) in [6.07, 6.45) is 1.49. The van der Waals surface area contributed by atoms with Crippen molar-refractivity contribution in [2.45, 2.75) is 13.8 Å². The van der Waals surface area contributed by atoms with Crippen LogP contribution in [0.2, 0.25) is 5.02 Å². The number of ether oxygens (including phenoxy) is 1. The zero-order valence-corrected chi connectivity index (χ0v) is 14.0. The summed E-state index contributed by atoms with van der Waals surface area (Å²) in [5.41, 5.74) is 1.15. The summed E-state index contributed by atoms with van der Waals surface area (Å²) >= 11 is 6.97. The van der Waals surface area contributed by atoms with Crippen LogP contribution in [-0.2, 0) is 4.74 Å². The summed E-state index contributed by atoms with van der Waals surface area (Å²) in [6, 6.07) is 6.19. The van der Waals surface area contributed by atoms with Crippen molar-refractivity contribution in [1.82, 2.24) is 0 Å². The minimum atomic E-state index is -0.548. The number of nitro groups is 1. The zero-order chi connectivity index (χ0) is 17.0. The summed E-state index contributed by atoms with van der Waals surface area (Å²) in [6.45, 7) is 3.85. The van der Waals surface area contributed by atoms with E-state index in [0.717, 1.165) is 5.56 Å². The minimum absolute atomic E-state index is 0.0729. The molecule has 0 amide bonds. The maximum absolute atomic E-state index is 11.8. The van der Waals surface area contributed by atoms with Crippen LogP contribution in [0.25, 0.3) is 0 Å². The smallest absolute Gasteiger partial charge is 0.348 e. The van der Waals surface area contributed by atoms with Gasteiger partial charge < -0.3 is 4.74 Å². The number of carbonyl (C=O) groups is 1. The second kappa shape index (κ2) is 7.34. The lowest BCUT2D eigenvalue weighted by Gasteiger charge is -1.98. The molecule has 1 aromatic carbocycles. The Morgan fingerprint density at radius 1 is 1.48 bits per heavy atom. The van der Waals surface area contributed by atoms with Crippen LogP contribution in [0.15, 0.2) is 29.3 Å². The maximum atomic E-state index is 11.8. The Balaban J connectivity index is 2.24. The second-order valence-corrected chi connectivity index (χ2v) is 5.98. The van der Waals surface area contributed by atoms with Crippen LogP contribution in [0.1, 0.15) is 27.7 Å². The lowest BCUT2D eigenvalue weighted by molar-refractivity contribution is -0.384. The van der Waals surface area contributed by atoms with E-state index in [9.17, 15) is 14.9 Å². The first-order valence-electron chi connectivity index (χ1n) is 6.68. The van der Waals surface area contributed by atoms with E-state index in [1.165, 1.54) is 29.7 Å². The molecule has 1 heterocycles. The van der Waals surface area contributed by atoms with Gasteiger partial charge in [-0.15, -0.1) is 11.3 Å². The molecule has 0 saturated heterocycles. The summed E-state index contributed by atoms with van der Waals surface area (Å²) in [5, 5.41) is 11.5. The number of nitrogens with zero attached hydrogens (tertiary/aromatic N) is 2. The zero-order valence-electron chi connectivity index (χ0n) is 12.4. The Kier molecular flexibility index (Phi) is 5.46. The highest BCUT2D eigenvalue weighted by Crippen LogP contribution is 2.30. The van der Waals surface area contributed by atoms with E-state index in [-0.39, 0.29) is 16.7 Å². The SMILES string of the molecule is CCOC(=O)c1sc(N=Cc2ccc(Cl)c([N+](=O)[O-])c2)cc1C. The molecule has 0 aliphatic carbocycles. The Labute approximate surface area is 141 Å². The molecule has 6 nitrogen and oxygen atoms in total. The number of halogens is 1. The van der Waals surface area contributed by atoms with Crippen LogP contribution in [0.4, 0.5) is 10.7 Å². The molecule has 0 fully saturated rings. The minimum Gasteiger partial charge on any atom is -0.462 e. The Morgan fingerprint density at radius 3 is 2.87 bits per heavy atom. The maximum Gasteiger partial charge on any atom is 0.348 e. The van der Waals surface area contributed by atoms with Crippen molar-refractivity contribution in [3.8, 4) is 0 Å². The molecule has 0 unspecified atom stereocenters. The Morgan fingerprint density at radius 2 is 2.22 bits per heavy atom. The lowest BCUT2D eigenvalue weighted by Crippen LogP contribution is -2.03.